The highest BCUT2D eigenvalue weighted by molar-refractivity contribution is 6.34. The quantitative estimate of drug-likeness (QED) is 0.688. The lowest BCUT2D eigenvalue weighted by Gasteiger charge is -2.45. The Hall–Kier alpha value is -1.97. The Balaban J connectivity index is 1.29. The second-order valence-electron chi connectivity index (χ2n) is 9.60. The van der Waals surface area contributed by atoms with E-state index in [2.05, 4.69) is 33.1 Å². The number of carbonyl (C=O) groups is 1. The van der Waals surface area contributed by atoms with E-state index in [1.54, 1.807) is 13.3 Å². The molecule has 3 fully saturated rings. The van der Waals surface area contributed by atoms with Gasteiger partial charge in [-0.1, -0.05) is 11.6 Å². The molecule has 2 aliphatic heterocycles. The Labute approximate surface area is 198 Å². The number of rotatable bonds is 5. The van der Waals surface area contributed by atoms with Crippen molar-refractivity contribution in [2.75, 3.05) is 56.7 Å². The maximum Gasteiger partial charge on any atom is 0.228 e. The third kappa shape index (κ3) is 4.31. The number of ether oxygens (including phenoxy) is 2. The topological polar surface area (TPSA) is 87.2 Å². The molecule has 1 amide bonds. The monoisotopic (exact) mass is 474 g/mol. The standard InChI is InChI=1S/C24H31ClN4O4/c1-24(14-33-13-21(24)30)29-5-3-28(4-6-29)20-10-15-11-22(26-12-17(15)9-19(20)25)27-23(31)16-7-18(8-16)32-2/h9-12,16,18,21,30H,3-8,13-14H2,1-2H3,(H,26,27,31). The molecule has 9 heteroatoms. The molecule has 1 saturated carbocycles. The van der Waals surface area contributed by atoms with Crippen LogP contribution in [0.1, 0.15) is 19.8 Å². The zero-order valence-electron chi connectivity index (χ0n) is 19.1. The highest BCUT2D eigenvalue weighted by atomic mass is 35.5. The third-order valence-corrected chi connectivity index (χ3v) is 7.87. The lowest BCUT2D eigenvalue weighted by atomic mass is 9.81. The van der Waals surface area contributed by atoms with Gasteiger partial charge in [0.2, 0.25) is 5.91 Å². The lowest BCUT2D eigenvalue weighted by Crippen LogP contribution is -2.60. The second kappa shape index (κ2) is 9.00. The number of benzene rings is 1. The van der Waals surface area contributed by atoms with Gasteiger partial charge in [-0.05, 0) is 43.4 Å². The van der Waals surface area contributed by atoms with Gasteiger partial charge in [0.25, 0.3) is 0 Å². The minimum absolute atomic E-state index is 0.00738. The number of halogens is 1. The van der Waals surface area contributed by atoms with Crippen LogP contribution in [-0.2, 0) is 14.3 Å². The molecule has 0 bridgehead atoms. The fourth-order valence-electron chi connectivity index (χ4n) is 5.08. The summed E-state index contributed by atoms with van der Waals surface area (Å²) >= 11 is 6.65. The van der Waals surface area contributed by atoms with Crippen molar-refractivity contribution in [3.8, 4) is 0 Å². The Kier molecular flexibility index (Phi) is 6.22. The van der Waals surface area contributed by atoms with Gasteiger partial charge in [-0.3, -0.25) is 9.69 Å². The first kappa shape index (κ1) is 22.8. The molecule has 1 aliphatic carbocycles. The average Bonchev–Trinajstić information content (AvgIpc) is 3.12. The predicted molar refractivity (Wildman–Crippen MR) is 128 cm³/mol. The predicted octanol–water partition coefficient (Wildman–Crippen LogP) is 2.52. The summed E-state index contributed by atoms with van der Waals surface area (Å²) in [6, 6.07) is 5.91. The van der Waals surface area contributed by atoms with Crippen LogP contribution in [0, 0.1) is 5.92 Å². The minimum Gasteiger partial charge on any atom is -0.389 e. The highest BCUT2D eigenvalue weighted by Crippen LogP contribution is 2.35. The lowest BCUT2D eigenvalue weighted by molar-refractivity contribution is -0.127. The zero-order valence-corrected chi connectivity index (χ0v) is 19.8. The first-order chi connectivity index (χ1) is 15.9. The summed E-state index contributed by atoms with van der Waals surface area (Å²) in [7, 11) is 1.68. The summed E-state index contributed by atoms with van der Waals surface area (Å²) in [6.07, 6.45) is 2.98. The van der Waals surface area contributed by atoms with Crippen LogP contribution in [0.2, 0.25) is 5.02 Å². The van der Waals surface area contributed by atoms with E-state index in [4.69, 9.17) is 21.1 Å². The number of carbonyl (C=O) groups excluding carboxylic acids is 1. The maximum absolute atomic E-state index is 12.5. The minimum atomic E-state index is -0.463. The molecule has 2 atom stereocenters. The Morgan fingerprint density at radius 3 is 2.67 bits per heavy atom. The maximum atomic E-state index is 12.5. The van der Waals surface area contributed by atoms with Crippen LogP contribution in [0.4, 0.5) is 11.5 Å². The molecule has 3 aliphatic rings. The van der Waals surface area contributed by atoms with Gasteiger partial charge in [0.05, 0.1) is 41.7 Å². The number of methoxy groups -OCH3 is 1. The molecular weight excluding hydrogens is 444 g/mol. The van der Waals surface area contributed by atoms with E-state index in [-0.39, 0.29) is 23.5 Å². The number of hydrogen-bond acceptors (Lipinski definition) is 7. The van der Waals surface area contributed by atoms with E-state index in [1.165, 1.54) is 0 Å². The molecule has 178 valence electrons. The van der Waals surface area contributed by atoms with Crippen molar-refractivity contribution in [2.45, 2.75) is 37.5 Å². The van der Waals surface area contributed by atoms with E-state index in [1.807, 2.05) is 12.1 Å². The number of fused-ring (bicyclic) bond motifs is 1. The van der Waals surface area contributed by atoms with E-state index in [0.29, 0.717) is 24.1 Å². The van der Waals surface area contributed by atoms with Crippen molar-refractivity contribution in [1.82, 2.24) is 9.88 Å². The summed E-state index contributed by atoms with van der Waals surface area (Å²) in [5, 5.41) is 15.9. The highest BCUT2D eigenvalue weighted by Gasteiger charge is 2.44. The van der Waals surface area contributed by atoms with Crippen LogP contribution in [0.15, 0.2) is 24.4 Å². The molecule has 0 radical (unpaired) electrons. The third-order valence-electron chi connectivity index (χ3n) is 7.57. The molecule has 33 heavy (non-hydrogen) atoms. The van der Waals surface area contributed by atoms with Crippen LogP contribution in [0.3, 0.4) is 0 Å². The number of pyridine rings is 1. The molecule has 2 unspecified atom stereocenters. The number of nitrogens with one attached hydrogen (secondary N) is 1. The number of aliphatic hydroxyl groups is 1. The van der Waals surface area contributed by atoms with Gasteiger partial charge in [0.15, 0.2) is 0 Å². The Bertz CT molecular complexity index is 1040. The number of hydrogen-bond donors (Lipinski definition) is 2. The molecule has 2 N–H and O–H groups in total. The van der Waals surface area contributed by atoms with Crippen LogP contribution in [0.25, 0.3) is 10.8 Å². The largest absolute Gasteiger partial charge is 0.389 e. The van der Waals surface area contributed by atoms with Crippen LogP contribution in [0.5, 0.6) is 0 Å². The fraction of sp³-hybridized carbons (Fsp3) is 0.583. The first-order valence-corrected chi connectivity index (χ1v) is 11.9. The van der Waals surface area contributed by atoms with E-state index >= 15 is 0 Å². The number of amides is 1. The van der Waals surface area contributed by atoms with Crippen LogP contribution < -0.4 is 10.2 Å². The summed E-state index contributed by atoms with van der Waals surface area (Å²) in [6.45, 7) is 6.30. The Morgan fingerprint density at radius 2 is 2.00 bits per heavy atom. The number of nitrogens with zero attached hydrogens (tertiary/aromatic N) is 3. The average molecular weight is 475 g/mol. The van der Waals surface area contributed by atoms with Gasteiger partial charge >= 0.3 is 0 Å². The number of aromatic nitrogens is 1. The Morgan fingerprint density at radius 1 is 1.24 bits per heavy atom. The van der Waals surface area contributed by atoms with Gasteiger partial charge in [-0.15, -0.1) is 0 Å². The fourth-order valence-corrected chi connectivity index (χ4v) is 5.37. The molecule has 1 aromatic carbocycles. The first-order valence-electron chi connectivity index (χ1n) is 11.6. The van der Waals surface area contributed by atoms with Gasteiger partial charge in [-0.2, -0.15) is 0 Å². The number of aliphatic hydroxyl groups excluding tert-OH is 1. The normalized spacial score (nSPS) is 30.4. The molecule has 1 aromatic heterocycles. The van der Waals surface area contributed by atoms with Gasteiger partial charge in [-0.25, -0.2) is 4.98 Å². The molecule has 0 spiro atoms. The number of piperazine rings is 1. The van der Waals surface area contributed by atoms with Crippen LogP contribution >= 0.6 is 11.6 Å². The summed E-state index contributed by atoms with van der Waals surface area (Å²) < 4.78 is 10.8. The zero-order chi connectivity index (χ0) is 23.2. The SMILES string of the molecule is COC1CC(C(=O)Nc2cc3cc(N4CCN(C5(C)COCC5O)CC4)c(Cl)cc3cn2)C1. The van der Waals surface area contributed by atoms with Crippen molar-refractivity contribution >= 4 is 39.8 Å². The van der Waals surface area contributed by atoms with E-state index in [9.17, 15) is 9.90 Å². The molecule has 5 rings (SSSR count). The number of anilines is 2. The second-order valence-corrected chi connectivity index (χ2v) is 10.0. The van der Waals surface area contributed by atoms with Gasteiger partial charge in [0, 0.05) is 50.8 Å². The van der Waals surface area contributed by atoms with E-state index < -0.39 is 6.10 Å². The van der Waals surface area contributed by atoms with Crippen molar-refractivity contribution in [3.05, 3.63) is 29.4 Å². The molecular formula is C24H31ClN4O4. The van der Waals surface area contributed by atoms with Crippen LogP contribution in [-0.4, -0.2) is 85.1 Å². The van der Waals surface area contributed by atoms with Gasteiger partial charge < -0.3 is 24.8 Å². The van der Waals surface area contributed by atoms with E-state index in [0.717, 1.165) is 55.5 Å². The summed E-state index contributed by atoms with van der Waals surface area (Å²) in [5.74, 6) is 0.525. The van der Waals surface area contributed by atoms with Gasteiger partial charge in [0.1, 0.15) is 5.82 Å². The molecule has 2 saturated heterocycles. The van der Waals surface area contributed by atoms with Crippen molar-refractivity contribution < 1.29 is 19.4 Å². The molecule has 3 heterocycles. The molecule has 2 aromatic rings. The summed E-state index contributed by atoms with van der Waals surface area (Å²) in [4.78, 5) is 21.5. The summed E-state index contributed by atoms with van der Waals surface area (Å²) in [5.41, 5.74) is 0.643. The molecule has 8 nitrogen and oxygen atoms in total. The van der Waals surface area contributed by atoms with Crippen molar-refractivity contribution in [2.24, 2.45) is 5.92 Å². The van der Waals surface area contributed by atoms with Crippen molar-refractivity contribution in [3.63, 3.8) is 0 Å². The smallest absolute Gasteiger partial charge is 0.228 e. The van der Waals surface area contributed by atoms with Crippen molar-refractivity contribution in [1.29, 1.82) is 0 Å².